The minimum absolute atomic E-state index is 0.214. The first kappa shape index (κ1) is 43.5. The average Bonchev–Trinajstić information content (AvgIpc) is 3.02. The summed E-state index contributed by atoms with van der Waals surface area (Å²) in [6.07, 6.45) is 32.8. The second-order valence-electron chi connectivity index (χ2n) is 13.9. The van der Waals surface area contributed by atoms with E-state index in [-0.39, 0.29) is 6.42 Å². The Bertz CT molecular complexity index is 583. The Morgan fingerprint density at radius 1 is 0.364 bits per heavy atom. The van der Waals surface area contributed by atoms with E-state index in [4.69, 9.17) is 0 Å². The number of hydrogen-bond acceptors (Lipinski definition) is 5. The van der Waals surface area contributed by atoms with Crippen molar-refractivity contribution in [2.75, 3.05) is 0 Å². The quantitative estimate of drug-likeness (QED) is 0.0519. The summed E-state index contributed by atoms with van der Waals surface area (Å²) in [7, 11) is 0. The van der Waals surface area contributed by atoms with Gasteiger partial charge in [-0.05, 0) is 12.8 Å². The fourth-order valence-electron chi connectivity index (χ4n) is 6.32. The maximum Gasteiger partial charge on any atom is 0.189 e. The number of carbonyl (C=O) groups is 1. The molecule has 0 amide bonds. The molecule has 4 atom stereocenters. The predicted molar refractivity (Wildman–Crippen MR) is 188 cm³/mol. The van der Waals surface area contributed by atoms with Crippen LogP contribution in [0, 0.1) is 0 Å². The summed E-state index contributed by atoms with van der Waals surface area (Å²) in [4.78, 5) is 12.4. The lowest BCUT2D eigenvalue weighted by Gasteiger charge is -2.21. The molecule has 0 spiro atoms. The third-order valence-electron chi connectivity index (χ3n) is 9.50. The lowest BCUT2D eigenvalue weighted by Crippen LogP contribution is -2.38. The van der Waals surface area contributed by atoms with E-state index in [1.165, 1.54) is 148 Å². The second-order valence-corrected chi connectivity index (χ2v) is 13.9. The normalized spacial score (nSPS) is 14.5. The Labute approximate surface area is 274 Å². The van der Waals surface area contributed by atoms with Crippen molar-refractivity contribution in [3.8, 4) is 0 Å². The average molecular weight is 627 g/mol. The second kappa shape index (κ2) is 33.9. The molecule has 0 aliphatic heterocycles. The van der Waals surface area contributed by atoms with E-state index in [0.29, 0.717) is 12.8 Å². The van der Waals surface area contributed by atoms with Crippen LogP contribution in [0.2, 0.25) is 0 Å². The molecular weight excluding hydrogens is 548 g/mol. The molecule has 0 bridgehead atoms. The molecule has 4 N–H and O–H groups in total. The van der Waals surface area contributed by atoms with Gasteiger partial charge < -0.3 is 20.4 Å². The number of unbranched alkanes of at least 4 members (excludes halogenated alkanes) is 27. The van der Waals surface area contributed by atoms with Crippen LogP contribution in [-0.2, 0) is 4.79 Å². The first-order valence-electron chi connectivity index (χ1n) is 19.7. The van der Waals surface area contributed by atoms with Crippen molar-refractivity contribution in [2.24, 2.45) is 0 Å². The number of hydrogen-bond donors (Lipinski definition) is 4. The van der Waals surface area contributed by atoms with E-state index in [1.807, 2.05) is 0 Å². The van der Waals surface area contributed by atoms with E-state index < -0.39 is 30.2 Å². The standard InChI is InChI=1S/C39H78O5/c1-3-5-7-9-11-13-15-16-17-18-19-20-21-22-23-25-27-29-31-33-36(41)39(44)38(43)34-37(42)35(40)32-30-28-26-24-14-12-10-8-6-4-2/h35-38,40-43H,3-34H2,1-2H3/t35?,36-,37?,38?/m1/s1. The molecule has 0 saturated carbocycles. The maximum absolute atomic E-state index is 12.4. The van der Waals surface area contributed by atoms with Crippen molar-refractivity contribution in [3.05, 3.63) is 0 Å². The van der Waals surface area contributed by atoms with Gasteiger partial charge in [-0.25, -0.2) is 0 Å². The molecule has 0 aliphatic carbocycles. The van der Waals surface area contributed by atoms with Crippen molar-refractivity contribution < 1.29 is 25.2 Å². The number of carbonyl (C=O) groups excluding carboxylic acids is 1. The Morgan fingerprint density at radius 3 is 0.955 bits per heavy atom. The maximum atomic E-state index is 12.4. The van der Waals surface area contributed by atoms with Gasteiger partial charge in [0.25, 0.3) is 0 Å². The Kier molecular flexibility index (Phi) is 33.5. The highest BCUT2D eigenvalue weighted by Gasteiger charge is 2.28. The highest BCUT2D eigenvalue weighted by atomic mass is 16.3. The highest BCUT2D eigenvalue weighted by Crippen LogP contribution is 2.18. The lowest BCUT2D eigenvalue weighted by molar-refractivity contribution is -0.138. The van der Waals surface area contributed by atoms with Crippen LogP contribution in [0.25, 0.3) is 0 Å². The van der Waals surface area contributed by atoms with E-state index in [9.17, 15) is 25.2 Å². The van der Waals surface area contributed by atoms with E-state index in [0.717, 1.165) is 38.5 Å². The Balaban J connectivity index is 3.60. The van der Waals surface area contributed by atoms with E-state index in [2.05, 4.69) is 13.8 Å². The van der Waals surface area contributed by atoms with Gasteiger partial charge in [0.05, 0.1) is 12.2 Å². The van der Waals surface area contributed by atoms with Crippen LogP contribution >= 0.6 is 0 Å². The Morgan fingerprint density at radius 2 is 0.636 bits per heavy atom. The molecule has 0 aromatic heterocycles. The monoisotopic (exact) mass is 627 g/mol. The van der Waals surface area contributed by atoms with Crippen LogP contribution in [0.3, 0.4) is 0 Å². The van der Waals surface area contributed by atoms with Gasteiger partial charge in [0.2, 0.25) is 0 Å². The van der Waals surface area contributed by atoms with E-state index >= 15 is 0 Å². The Hall–Kier alpha value is -0.490. The molecule has 5 heteroatoms. The van der Waals surface area contributed by atoms with Gasteiger partial charge >= 0.3 is 0 Å². The van der Waals surface area contributed by atoms with Crippen LogP contribution in [0.15, 0.2) is 0 Å². The molecule has 0 radical (unpaired) electrons. The summed E-state index contributed by atoms with van der Waals surface area (Å²) in [5, 5.41) is 41.0. The van der Waals surface area contributed by atoms with Gasteiger partial charge in [0, 0.05) is 6.42 Å². The number of aliphatic hydroxyl groups is 4. The first-order chi connectivity index (χ1) is 21.4. The molecule has 0 rings (SSSR count). The largest absolute Gasteiger partial charge is 0.390 e. The summed E-state index contributed by atoms with van der Waals surface area (Å²) in [6, 6.07) is 0. The van der Waals surface area contributed by atoms with Crippen molar-refractivity contribution in [1.29, 1.82) is 0 Å². The molecule has 5 nitrogen and oxygen atoms in total. The van der Waals surface area contributed by atoms with Crippen LogP contribution < -0.4 is 0 Å². The minimum atomic E-state index is -1.43. The fourth-order valence-corrected chi connectivity index (χ4v) is 6.32. The molecular formula is C39H78O5. The highest BCUT2D eigenvalue weighted by molar-refractivity contribution is 5.86. The van der Waals surface area contributed by atoms with Gasteiger partial charge in [0.1, 0.15) is 12.2 Å². The molecule has 0 saturated heterocycles. The third kappa shape index (κ3) is 28.9. The number of aliphatic hydroxyl groups excluding tert-OH is 4. The zero-order valence-corrected chi connectivity index (χ0v) is 29.6. The summed E-state index contributed by atoms with van der Waals surface area (Å²) in [5.74, 6) is -0.627. The molecule has 0 aromatic rings. The number of rotatable bonds is 36. The van der Waals surface area contributed by atoms with Crippen molar-refractivity contribution in [3.63, 3.8) is 0 Å². The minimum Gasteiger partial charge on any atom is -0.390 e. The van der Waals surface area contributed by atoms with Gasteiger partial charge in [-0.1, -0.05) is 200 Å². The molecule has 0 fully saturated rings. The van der Waals surface area contributed by atoms with E-state index in [1.54, 1.807) is 0 Å². The zero-order valence-electron chi connectivity index (χ0n) is 29.6. The van der Waals surface area contributed by atoms with Crippen molar-refractivity contribution >= 4 is 5.78 Å². The van der Waals surface area contributed by atoms with Gasteiger partial charge in [-0.2, -0.15) is 0 Å². The van der Waals surface area contributed by atoms with Gasteiger partial charge in [-0.3, -0.25) is 4.79 Å². The van der Waals surface area contributed by atoms with Crippen LogP contribution in [-0.4, -0.2) is 50.6 Å². The van der Waals surface area contributed by atoms with Gasteiger partial charge in [-0.15, -0.1) is 0 Å². The molecule has 0 aliphatic rings. The molecule has 3 unspecified atom stereocenters. The summed E-state index contributed by atoms with van der Waals surface area (Å²) >= 11 is 0. The molecule has 264 valence electrons. The van der Waals surface area contributed by atoms with Crippen LogP contribution in [0.5, 0.6) is 0 Å². The first-order valence-corrected chi connectivity index (χ1v) is 19.7. The molecule has 0 heterocycles. The van der Waals surface area contributed by atoms with Gasteiger partial charge in [0.15, 0.2) is 5.78 Å². The summed E-state index contributed by atoms with van der Waals surface area (Å²) in [6.45, 7) is 4.51. The van der Waals surface area contributed by atoms with Crippen molar-refractivity contribution in [2.45, 2.75) is 244 Å². The zero-order chi connectivity index (χ0) is 32.5. The SMILES string of the molecule is CCCCCCCCCCCCCCCCCCCCC[C@@H](O)C(=O)C(O)CC(O)C(O)CCCCCCCCCCCC. The topological polar surface area (TPSA) is 98.0 Å². The smallest absolute Gasteiger partial charge is 0.189 e. The third-order valence-corrected chi connectivity index (χ3v) is 9.50. The van der Waals surface area contributed by atoms with Crippen LogP contribution in [0.1, 0.15) is 219 Å². The number of Topliss-reactive ketones (excluding diaryl/α,β-unsaturated/α-hetero) is 1. The number of ketones is 1. The summed E-state index contributed by atoms with van der Waals surface area (Å²) < 4.78 is 0. The molecule has 0 aromatic carbocycles. The predicted octanol–water partition coefficient (Wildman–Crippen LogP) is 10.5. The fraction of sp³-hybridized carbons (Fsp3) is 0.974. The lowest BCUT2D eigenvalue weighted by atomic mass is 9.95. The van der Waals surface area contributed by atoms with Crippen molar-refractivity contribution in [1.82, 2.24) is 0 Å². The molecule has 44 heavy (non-hydrogen) atoms. The summed E-state index contributed by atoms with van der Waals surface area (Å²) in [5.41, 5.74) is 0. The van der Waals surface area contributed by atoms with Crippen LogP contribution in [0.4, 0.5) is 0 Å².